The minimum Gasteiger partial charge on any atom is -0.493 e. The lowest BCUT2D eigenvalue weighted by Gasteiger charge is -2.31. The van der Waals surface area contributed by atoms with Gasteiger partial charge < -0.3 is 29.0 Å². The van der Waals surface area contributed by atoms with Gasteiger partial charge in [0.05, 0.1) is 13.2 Å². The van der Waals surface area contributed by atoms with Gasteiger partial charge in [0.1, 0.15) is 12.1 Å². The summed E-state index contributed by atoms with van der Waals surface area (Å²) in [6.45, 7) is 5.23. The molecule has 1 aromatic heterocycles. The monoisotopic (exact) mass is 532 g/mol. The van der Waals surface area contributed by atoms with Crippen LogP contribution in [0, 0.1) is 17.8 Å². The summed E-state index contributed by atoms with van der Waals surface area (Å²) in [5, 5.41) is 2.74. The van der Waals surface area contributed by atoms with Crippen molar-refractivity contribution in [2.24, 2.45) is 17.8 Å². The van der Waals surface area contributed by atoms with Crippen LogP contribution in [0.4, 0.5) is 0 Å². The van der Waals surface area contributed by atoms with Crippen LogP contribution in [-0.2, 0) is 23.8 Å². The van der Waals surface area contributed by atoms with Crippen molar-refractivity contribution in [3.8, 4) is 11.5 Å². The zero-order chi connectivity index (χ0) is 27.1. The van der Waals surface area contributed by atoms with Gasteiger partial charge in [-0.25, -0.2) is 9.78 Å². The third kappa shape index (κ3) is 8.14. The Bertz CT molecular complexity index is 978. The first-order valence-corrected chi connectivity index (χ1v) is 13.8. The number of carbonyl (C=O) groups is 3. The van der Waals surface area contributed by atoms with Gasteiger partial charge in [0.25, 0.3) is 5.91 Å². The number of hydrogen-bond acceptors (Lipinski definition) is 9. The van der Waals surface area contributed by atoms with E-state index in [-0.39, 0.29) is 29.2 Å². The second-order valence-electron chi connectivity index (χ2n) is 10.7. The molecule has 2 heterocycles. The molecule has 10 heteroatoms. The topological polar surface area (TPSA) is 122 Å². The molecule has 0 aromatic carbocycles. The quantitative estimate of drug-likeness (QED) is 0.318. The molecule has 4 atom stereocenters. The van der Waals surface area contributed by atoms with Crippen molar-refractivity contribution in [3.05, 3.63) is 18.0 Å². The third-order valence-electron chi connectivity index (χ3n) is 7.34. The molecule has 1 aromatic rings. The van der Waals surface area contributed by atoms with E-state index in [4.69, 9.17) is 23.7 Å². The summed E-state index contributed by atoms with van der Waals surface area (Å²) in [5.74, 6) is -0.216. The van der Waals surface area contributed by atoms with Crippen molar-refractivity contribution in [3.63, 3.8) is 0 Å². The summed E-state index contributed by atoms with van der Waals surface area (Å²) in [6, 6.07) is 0.610. The Kier molecular flexibility index (Phi) is 9.96. The lowest BCUT2D eigenvalue weighted by Crippen LogP contribution is -2.44. The predicted molar refractivity (Wildman–Crippen MR) is 137 cm³/mol. The normalized spacial score (nSPS) is 25.9. The molecule has 210 valence electrons. The molecule has 38 heavy (non-hydrogen) atoms. The van der Waals surface area contributed by atoms with Gasteiger partial charge in [-0.15, -0.1) is 0 Å². The molecular formula is C28H40N2O8. The van der Waals surface area contributed by atoms with E-state index in [2.05, 4.69) is 10.3 Å². The van der Waals surface area contributed by atoms with Gasteiger partial charge in [-0.3, -0.25) is 9.59 Å². The lowest BCUT2D eigenvalue weighted by molar-refractivity contribution is -0.161. The van der Waals surface area contributed by atoms with Crippen molar-refractivity contribution in [2.75, 3.05) is 26.9 Å². The van der Waals surface area contributed by atoms with Crippen LogP contribution in [0.15, 0.2) is 12.3 Å². The first kappa shape index (κ1) is 28.3. The van der Waals surface area contributed by atoms with Gasteiger partial charge >= 0.3 is 11.9 Å². The standard InChI is InChI=1S/C28H40N2O8/c1-17-25(36-16-20-9-10-20)21(12-14-35-15-19-7-8-19)5-4-6-22(28(33)37-17)30-27(32)24-26(38-18(2)31)23(34-3)11-13-29-24/h11,13,17,19-22,25H,4-10,12,14-16H2,1-3H3,(H,30,32). The highest BCUT2D eigenvalue weighted by Gasteiger charge is 2.36. The van der Waals surface area contributed by atoms with Gasteiger partial charge in [0.15, 0.2) is 11.4 Å². The zero-order valence-electron chi connectivity index (χ0n) is 22.6. The number of methoxy groups -OCH3 is 1. The first-order chi connectivity index (χ1) is 18.4. The smallest absolute Gasteiger partial charge is 0.329 e. The second kappa shape index (κ2) is 13.4. The summed E-state index contributed by atoms with van der Waals surface area (Å²) >= 11 is 0. The molecule has 0 radical (unpaired) electrons. The van der Waals surface area contributed by atoms with E-state index in [9.17, 15) is 14.4 Å². The number of ether oxygens (including phenoxy) is 5. The fourth-order valence-electron chi connectivity index (χ4n) is 4.82. The fraction of sp³-hybridized carbons (Fsp3) is 0.714. The highest BCUT2D eigenvalue weighted by atomic mass is 16.6. The van der Waals surface area contributed by atoms with Gasteiger partial charge in [-0.05, 0) is 69.6 Å². The molecule has 1 saturated heterocycles. The number of esters is 2. The van der Waals surface area contributed by atoms with Crippen LogP contribution in [0.3, 0.4) is 0 Å². The van der Waals surface area contributed by atoms with E-state index < -0.39 is 30.0 Å². The lowest BCUT2D eigenvalue weighted by atomic mass is 9.89. The molecule has 4 unspecified atom stereocenters. The average Bonchev–Trinajstić information content (AvgIpc) is 3.80. The second-order valence-corrected chi connectivity index (χ2v) is 10.7. The van der Waals surface area contributed by atoms with Crippen molar-refractivity contribution < 1.29 is 38.1 Å². The van der Waals surface area contributed by atoms with Crippen molar-refractivity contribution >= 4 is 17.8 Å². The molecule has 3 aliphatic rings. The molecule has 2 saturated carbocycles. The largest absolute Gasteiger partial charge is 0.493 e. The maximum absolute atomic E-state index is 13.2. The number of nitrogens with zero attached hydrogens (tertiary/aromatic N) is 1. The van der Waals surface area contributed by atoms with Crippen molar-refractivity contribution in [2.45, 2.75) is 83.5 Å². The Hall–Kier alpha value is -2.72. The number of hydrogen-bond donors (Lipinski definition) is 1. The van der Waals surface area contributed by atoms with E-state index in [0.29, 0.717) is 37.9 Å². The summed E-state index contributed by atoms with van der Waals surface area (Å²) in [6.07, 6.45) is 8.30. The van der Waals surface area contributed by atoms with Crippen LogP contribution in [0.25, 0.3) is 0 Å². The Balaban J connectivity index is 1.43. The molecule has 0 bridgehead atoms. The van der Waals surface area contributed by atoms with Crippen LogP contribution in [0.1, 0.15) is 75.7 Å². The fourth-order valence-corrected chi connectivity index (χ4v) is 4.82. The highest BCUT2D eigenvalue weighted by molar-refractivity contribution is 5.98. The minimum absolute atomic E-state index is 0.0930. The molecule has 2 aliphatic carbocycles. The van der Waals surface area contributed by atoms with Gasteiger partial charge in [-0.1, -0.05) is 6.42 Å². The summed E-state index contributed by atoms with van der Waals surface area (Å²) < 4.78 is 28.5. The molecule has 1 amide bonds. The van der Waals surface area contributed by atoms with Gasteiger partial charge in [0.2, 0.25) is 5.75 Å². The van der Waals surface area contributed by atoms with Crippen molar-refractivity contribution in [1.82, 2.24) is 10.3 Å². The molecular weight excluding hydrogens is 492 g/mol. The molecule has 1 aliphatic heterocycles. The Labute approximate surface area is 224 Å². The van der Waals surface area contributed by atoms with E-state index in [1.54, 1.807) is 0 Å². The molecule has 0 spiro atoms. The Morgan fingerprint density at radius 3 is 2.53 bits per heavy atom. The van der Waals surface area contributed by atoms with Crippen LogP contribution in [0.2, 0.25) is 0 Å². The van der Waals surface area contributed by atoms with Crippen molar-refractivity contribution in [1.29, 1.82) is 0 Å². The van der Waals surface area contributed by atoms with Crippen LogP contribution >= 0.6 is 0 Å². The maximum Gasteiger partial charge on any atom is 0.329 e. The molecule has 4 rings (SSSR count). The van der Waals surface area contributed by atoms with Crippen LogP contribution in [0.5, 0.6) is 11.5 Å². The summed E-state index contributed by atoms with van der Waals surface area (Å²) in [7, 11) is 1.40. The number of nitrogens with one attached hydrogen (secondary N) is 1. The number of aromatic nitrogens is 1. The van der Waals surface area contributed by atoms with Gasteiger partial charge in [0, 0.05) is 39.0 Å². The van der Waals surface area contributed by atoms with E-state index >= 15 is 0 Å². The molecule has 10 nitrogen and oxygen atoms in total. The average molecular weight is 533 g/mol. The first-order valence-electron chi connectivity index (χ1n) is 13.8. The zero-order valence-corrected chi connectivity index (χ0v) is 22.6. The Morgan fingerprint density at radius 1 is 1.11 bits per heavy atom. The van der Waals surface area contributed by atoms with E-state index in [1.807, 2.05) is 6.92 Å². The summed E-state index contributed by atoms with van der Waals surface area (Å²) in [5.41, 5.74) is -0.142. The SMILES string of the molecule is COc1ccnc(C(=O)NC2CCCC(CCOCC3CC3)C(OCC3CC3)C(C)OC2=O)c1OC(C)=O. The molecule has 1 N–H and O–H groups in total. The van der Waals surface area contributed by atoms with E-state index in [1.165, 1.54) is 52.0 Å². The number of amides is 1. The van der Waals surface area contributed by atoms with Crippen LogP contribution < -0.4 is 14.8 Å². The Morgan fingerprint density at radius 2 is 1.84 bits per heavy atom. The number of pyridine rings is 1. The third-order valence-corrected chi connectivity index (χ3v) is 7.34. The number of rotatable bonds is 12. The minimum atomic E-state index is -0.878. The predicted octanol–water partition coefficient (Wildman–Crippen LogP) is 3.46. The van der Waals surface area contributed by atoms with E-state index in [0.717, 1.165) is 19.4 Å². The highest BCUT2D eigenvalue weighted by Crippen LogP contribution is 2.34. The summed E-state index contributed by atoms with van der Waals surface area (Å²) in [4.78, 5) is 42.0. The van der Waals surface area contributed by atoms with Crippen LogP contribution in [-0.4, -0.2) is 68.0 Å². The molecule has 3 fully saturated rings. The number of cyclic esters (lactones) is 1. The maximum atomic E-state index is 13.2. The van der Waals surface area contributed by atoms with Gasteiger partial charge in [-0.2, -0.15) is 0 Å². The number of carbonyl (C=O) groups excluding carboxylic acids is 3.